The summed E-state index contributed by atoms with van der Waals surface area (Å²) in [4.78, 5) is 41.5. The maximum atomic E-state index is 12.7. The first-order valence-corrected chi connectivity index (χ1v) is 9.26. The summed E-state index contributed by atoms with van der Waals surface area (Å²) in [6.07, 6.45) is 1.37. The molecule has 0 aliphatic heterocycles. The molecule has 3 N–H and O–H groups in total. The Morgan fingerprint density at radius 1 is 1.03 bits per heavy atom. The van der Waals surface area contributed by atoms with Crippen molar-refractivity contribution in [1.29, 1.82) is 0 Å². The van der Waals surface area contributed by atoms with E-state index in [0.29, 0.717) is 22.3 Å². The highest BCUT2D eigenvalue weighted by Gasteiger charge is 2.12. The van der Waals surface area contributed by atoms with Crippen molar-refractivity contribution < 1.29 is 9.59 Å². The zero-order valence-corrected chi connectivity index (χ0v) is 16.5. The van der Waals surface area contributed by atoms with Crippen LogP contribution in [0.5, 0.6) is 0 Å². The van der Waals surface area contributed by atoms with Gasteiger partial charge in [0, 0.05) is 6.04 Å². The number of benzene rings is 2. The molecule has 0 fully saturated rings. The third kappa shape index (κ3) is 4.78. The van der Waals surface area contributed by atoms with Crippen LogP contribution >= 0.6 is 0 Å². The van der Waals surface area contributed by atoms with Gasteiger partial charge in [-0.25, -0.2) is 9.78 Å². The van der Waals surface area contributed by atoms with Crippen molar-refractivity contribution >= 4 is 34.2 Å². The van der Waals surface area contributed by atoms with Gasteiger partial charge in [0.1, 0.15) is 6.54 Å². The van der Waals surface area contributed by atoms with Crippen molar-refractivity contribution in [2.45, 2.75) is 33.4 Å². The van der Waals surface area contributed by atoms with Gasteiger partial charge in [-0.3, -0.25) is 14.2 Å². The topological polar surface area (TPSA) is 105 Å². The molecule has 0 aliphatic rings. The van der Waals surface area contributed by atoms with Gasteiger partial charge in [-0.2, -0.15) is 0 Å². The third-order valence-electron chi connectivity index (χ3n) is 4.24. The summed E-state index contributed by atoms with van der Waals surface area (Å²) in [6.45, 7) is 5.39. The fraction of sp³-hybridized carbons (Fsp3) is 0.238. The lowest BCUT2D eigenvalue weighted by Gasteiger charge is -2.14. The standard InChI is InChI=1S/C21H23N5O3/c1-13(2)23-21(29)25-17-10-5-4-9-16(17)24-18(27)11-26-12-22-19-14(3)7-6-8-15(19)20(26)28/h4-10,12-13H,11H2,1-3H3,(H,24,27)(H2,23,25,29). The van der Waals surface area contributed by atoms with Crippen LogP contribution in [0, 0.1) is 6.92 Å². The summed E-state index contributed by atoms with van der Waals surface area (Å²) >= 11 is 0. The van der Waals surface area contributed by atoms with Gasteiger partial charge >= 0.3 is 6.03 Å². The maximum Gasteiger partial charge on any atom is 0.319 e. The van der Waals surface area contributed by atoms with Crippen LogP contribution in [0.3, 0.4) is 0 Å². The number of aromatic nitrogens is 2. The van der Waals surface area contributed by atoms with Gasteiger partial charge in [0.25, 0.3) is 5.56 Å². The molecule has 1 heterocycles. The van der Waals surface area contributed by atoms with E-state index in [1.807, 2.05) is 26.8 Å². The number of urea groups is 1. The van der Waals surface area contributed by atoms with Gasteiger partial charge in [0.15, 0.2) is 0 Å². The van der Waals surface area contributed by atoms with Crippen molar-refractivity contribution in [3.05, 3.63) is 64.7 Å². The van der Waals surface area contributed by atoms with Crippen LogP contribution in [0.2, 0.25) is 0 Å². The smallest absolute Gasteiger partial charge is 0.319 e. The summed E-state index contributed by atoms with van der Waals surface area (Å²) in [7, 11) is 0. The van der Waals surface area contributed by atoms with Crippen LogP contribution in [-0.2, 0) is 11.3 Å². The van der Waals surface area contributed by atoms with E-state index >= 15 is 0 Å². The summed E-state index contributed by atoms with van der Waals surface area (Å²) < 4.78 is 1.26. The highest BCUT2D eigenvalue weighted by atomic mass is 16.2. The molecule has 3 amide bonds. The zero-order chi connectivity index (χ0) is 21.0. The first-order valence-electron chi connectivity index (χ1n) is 9.26. The minimum Gasteiger partial charge on any atom is -0.336 e. The fourth-order valence-corrected chi connectivity index (χ4v) is 2.92. The van der Waals surface area contributed by atoms with Gasteiger partial charge in [-0.05, 0) is 44.5 Å². The van der Waals surface area contributed by atoms with Gasteiger partial charge in [-0.1, -0.05) is 24.3 Å². The van der Waals surface area contributed by atoms with E-state index in [2.05, 4.69) is 20.9 Å². The van der Waals surface area contributed by atoms with Crippen molar-refractivity contribution in [2.75, 3.05) is 10.6 Å². The molecule has 0 saturated heterocycles. The Morgan fingerprint density at radius 2 is 1.72 bits per heavy atom. The number of aryl methyl sites for hydroxylation is 1. The van der Waals surface area contributed by atoms with Gasteiger partial charge in [0.2, 0.25) is 5.91 Å². The highest BCUT2D eigenvalue weighted by molar-refractivity contribution is 5.99. The molecule has 0 atom stereocenters. The lowest BCUT2D eigenvalue weighted by molar-refractivity contribution is -0.116. The second-order valence-corrected chi connectivity index (χ2v) is 7.00. The number of fused-ring (bicyclic) bond motifs is 1. The number of hydrogen-bond acceptors (Lipinski definition) is 4. The Morgan fingerprint density at radius 3 is 2.41 bits per heavy atom. The molecule has 3 rings (SSSR count). The SMILES string of the molecule is Cc1cccc2c(=O)n(CC(=O)Nc3ccccc3NC(=O)NC(C)C)cnc12. The average Bonchev–Trinajstić information content (AvgIpc) is 2.65. The average molecular weight is 393 g/mol. The van der Waals surface area contributed by atoms with Crippen LogP contribution in [0.15, 0.2) is 53.6 Å². The molecular weight excluding hydrogens is 370 g/mol. The van der Waals surface area contributed by atoms with Crippen molar-refractivity contribution in [3.63, 3.8) is 0 Å². The van der Waals surface area contributed by atoms with Gasteiger partial charge in [0.05, 0.1) is 28.6 Å². The van der Waals surface area contributed by atoms with E-state index in [-0.39, 0.29) is 24.2 Å². The first kappa shape index (κ1) is 20.1. The van der Waals surface area contributed by atoms with Crippen LogP contribution < -0.4 is 21.5 Å². The van der Waals surface area contributed by atoms with E-state index in [9.17, 15) is 14.4 Å². The molecule has 0 bridgehead atoms. The number of anilines is 2. The van der Waals surface area contributed by atoms with Crippen molar-refractivity contribution in [2.24, 2.45) is 0 Å². The van der Waals surface area contributed by atoms with Crippen LogP contribution in [0.25, 0.3) is 10.9 Å². The molecule has 8 heteroatoms. The van der Waals surface area contributed by atoms with E-state index < -0.39 is 5.91 Å². The predicted molar refractivity (Wildman–Crippen MR) is 113 cm³/mol. The van der Waals surface area contributed by atoms with Crippen molar-refractivity contribution in [1.82, 2.24) is 14.9 Å². The molecule has 0 unspecified atom stereocenters. The van der Waals surface area contributed by atoms with Crippen LogP contribution in [0.4, 0.5) is 16.2 Å². The predicted octanol–water partition coefficient (Wildman–Crippen LogP) is 2.87. The molecule has 0 aliphatic carbocycles. The lowest BCUT2D eigenvalue weighted by Crippen LogP contribution is -2.34. The quantitative estimate of drug-likeness (QED) is 0.620. The Bertz CT molecular complexity index is 1120. The molecule has 8 nitrogen and oxygen atoms in total. The number of hydrogen-bond donors (Lipinski definition) is 3. The molecule has 3 aromatic rings. The Balaban J connectivity index is 1.77. The summed E-state index contributed by atoms with van der Waals surface area (Å²) in [5.74, 6) is -0.403. The lowest BCUT2D eigenvalue weighted by atomic mass is 10.1. The van der Waals surface area contributed by atoms with Gasteiger partial charge < -0.3 is 16.0 Å². The molecule has 0 saturated carbocycles. The largest absolute Gasteiger partial charge is 0.336 e. The minimum absolute atomic E-state index is 0.0207. The first-order chi connectivity index (χ1) is 13.8. The number of carbonyl (C=O) groups is 2. The molecule has 2 aromatic carbocycles. The minimum atomic E-state index is -0.403. The van der Waals surface area contributed by atoms with E-state index in [1.165, 1.54) is 10.9 Å². The van der Waals surface area contributed by atoms with Crippen molar-refractivity contribution in [3.8, 4) is 0 Å². The normalized spacial score (nSPS) is 10.8. The number of nitrogens with one attached hydrogen (secondary N) is 3. The Kier molecular flexibility index (Phi) is 5.92. The molecule has 0 radical (unpaired) electrons. The second-order valence-electron chi connectivity index (χ2n) is 7.00. The molecular formula is C21H23N5O3. The summed E-state index contributed by atoms with van der Waals surface area (Å²) in [6, 6.07) is 11.8. The number of rotatable bonds is 5. The molecule has 1 aromatic heterocycles. The summed E-state index contributed by atoms with van der Waals surface area (Å²) in [5, 5.41) is 8.63. The molecule has 150 valence electrons. The molecule has 0 spiro atoms. The number of nitrogens with zero attached hydrogens (tertiary/aromatic N) is 2. The Hall–Kier alpha value is -3.68. The van der Waals surface area contributed by atoms with Gasteiger partial charge in [-0.15, -0.1) is 0 Å². The van der Waals surface area contributed by atoms with E-state index in [1.54, 1.807) is 36.4 Å². The van der Waals surface area contributed by atoms with E-state index in [4.69, 9.17) is 0 Å². The fourth-order valence-electron chi connectivity index (χ4n) is 2.92. The van der Waals surface area contributed by atoms with E-state index in [0.717, 1.165) is 5.56 Å². The second kappa shape index (κ2) is 8.55. The van der Waals surface area contributed by atoms with Crippen LogP contribution in [-0.4, -0.2) is 27.5 Å². The highest BCUT2D eigenvalue weighted by Crippen LogP contribution is 2.21. The number of amides is 3. The molecule has 29 heavy (non-hydrogen) atoms. The Labute approximate surface area is 168 Å². The number of para-hydroxylation sites is 3. The number of carbonyl (C=O) groups excluding carboxylic acids is 2. The monoisotopic (exact) mass is 393 g/mol. The maximum absolute atomic E-state index is 12.7. The summed E-state index contributed by atoms with van der Waals surface area (Å²) in [5.41, 5.74) is 2.14. The zero-order valence-electron chi connectivity index (χ0n) is 16.5. The van der Waals surface area contributed by atoms with Crippen LogP contribution in [0.1, 0.15) is 19.4 Å². The third-order valence-corrected chi connectivity index (χ3v) is 4.24.